The van der Waals surface area contributed by atoms with Crippen molar-refractivity contribution >= 4 is 0 Å². The third-order valence-electron chi connectivity index (χ3n) is 2.59. The van der Waals surface area contributed by atoms with E-state index in [-0.39, 0.29) is 18.0 Å². The number of hydrogen-bond acceptors (Lipinski definition) is 2. The van der Waals surface area contributed by atoms with Crippen molar-refractivity contribution in [3.05, 3.63) is 42.2 Å². The summed E-state index contributed by atoms with van der Waals surface area (Å²) < 4.78 is 19.0. The third-order valence-corrected chi connectivity index (χ3v) is 2.59. The van der Waals surface area contributed by atoms with Crippen molar-refractivity contribution in [1.29, 1.82) is 0 Å². The lowest BCUT2D eigenvalue weighted by molar-refractivity contribution is 0.264. The molecule has 1 rings (SSSR count). The number of halogens is 1. The molecule has 0 aliphatic carbocycles. The number of hydrogen-bond donors (Lipinski definition) is 1. The van der Waals surface area contributed by atoms with Crippen molar-refractivity contribution in [3.8, 4) is 5.75 Å². The minimum atomic E-state index is -0.247. The molecule has 2 unspecified atom stereocenters. The average Bonchev–Trinajstić information content (AvgIpc) is 2.31. The van der Waals surface area contributed by atoms with Crippen LogP contribution in [-0.2, 0) is 0 Å². The van der Waals surface area contributed by atoms with E-state index in [0.717, 1.165) is 12.1 Å². The molecular weight excluding hydrogens is 217 g/mol. The molecule has 0 spiro atoms. The maximum Gasteiger partial charge on any atom is 0.125 e. The van der Waals surface area contributed by atoms with Gasteiger partial charge < -0.3 is 10.1 Å². The molecule has 0 saturated heterocycles. The number of benzene rings is 1. The molecule has 0 aliphatic rings. The second kappa shape index (κ2) is 6.40. The maximum atomic E-state index is 13.3. The van der Waals surface area contributed by atoms with Crippen molar-refractivity contribution in [3.63, 3.8) is 0 Å². The highest BCUT2D eigenvalue weighted by molar-refractivity contribution is 5.36. The van der Waals surface area contributed by atoms with Crippen LogP contribution in [0.3, 0.4) is 0 Å². The van der Waals surface area contributed by atoms with Crippen LogP contribution in [0.5, 0.6) is 5.75 Å². The van der Waals surface area contributed by atoms with Gasteiger partial charge in [-0.3, -0.25) is 0 Å². The van der Waals surface area contributed by atoms with Crippen molar-refractivity contribution in [2.24, 2.45) is 0 Å². The van der Waals surface area contributed by atoms with Crippen molar-refractivity contribution in [1.82, 2.24) is 5.32 Å². The van der Waals surface area contributed by atoms with Gasteiger partial charge in [-0.1, -0.05) is 19.6 Å². The lowest BCUT2D eigenvalue weighted by Crippen LogP contribution is -2.19. The monoisotopic (exact) mass is 237 g/mol. The van der Waals surface area contributed by atoms with Crippen LogP contribution in [0.25, 0.3) is 0 Å². The fourth-order valence-electron chi connectivity index (χ4n) is 1.63. The zero-order valence-electron chi connectivity index (χ0n) is 10.7. The molecule has 0 radical (unpaired) electrons. The molecule has 2 nitrogen and oxygen atoms in total. The second-order valence-corrected chi connectivity index (χ2v) is 4.02. The van der Waals surface area contributed by atoms with Crippen LogP contribution in [0.2, 0.25) is 0 Å². The largest absolute Gasteiger partial charge is 0.486 e. The standard InChI is InChI=1S/C14H20FNO/c1-5-10(3)17-14-8-7-12(15)9-13(14)11(4)16-6-2/h5,7-11,16H,1,6H2,2-4H3. The lowest BCUT2D eigenvalue weighted by atomic mass is 10.1. The summed E-state index contributed by atoms with van der Waals surface area (Å²) in [5.41, 5.74) is 0.834. The first-order valence-electron chi connectivity index (χ1n) is 5.90. The van der Waals surface area contributed by atoms with E-state index < -0.39 is 0 Å². The highest BCUT2D eigenvalue weighted by Crippen LogP contribution is 2.27. The first-order chi connectivity index (χ1) is 8.08. The molecular formula is C14H20FNO. The molecule has 1 aromatic rings. The van der Waals surface area contributed by atoms with Crippen LogP contribution < -0.4 is 10.1 Å². The fraction of sp³-hybridized carbons (Fsp3) is 0.429. The van der Waals surface area contributed by atoms with Crippen LogP contribution in [0.4, 0.5) is 4.39 Å². The van der Waals surface area contributed by atoms with Crippen molar-refractivity contribution in [2.45, 2.75) is 32.9 Å². The van der Waals surface area contributed by atoms with E-state index in [1.165, 1.54) is 12.1 Å². The Labute approximate surface area is 102 Å². The van der Waals surface area contributed by atoms with Gasteiger partial charge in [0.25, 0.3) is 0 Å². The summed E-state index contributed by atoms with van der Waals surface area (Å²) in [7, 11) is 0. The van der Waals surface area contributed by atoms with Crippen LogP contribution >= 0.6 is 0 Å². The molecule has 1 aromatic carbocycles. The van der Waals surface area contributed by atoms with Gasteiger partial charge in [0.05, 0.1) is 0 Å². The number of nitrogens with one attached hydrogen (secondary N) is 1. The summed E-state index contributed by atoms with van der Waals surface area (Å²) in [6.45, 7) is 10.4. The molecule has 0 amide bonds. The maximum absolute atomic E-state index is 13.3. The summed E-state index contributed by atoms with van der Waals surface area (Å²) >= 11 is 0. The Bertz CT molecular complexity index is 378. The van der Waals surface area contributed by atoms with Gasteiger partial charge in [-0.15, -0.1) is 0 Å². The molecule has 0 heterocycles. The first-order valence-corrected chi connectivity index (χ1v) is 5.90. The molecule has 0 aliphatic heterocycles. The highest BCUT2D eigenvalue weighted by Gasteiger charge is 2.13. The smallest absolute Gasteiger partial charge is 0.125 e. The summed E-state index contributed by atoms with van der Waals surface area (Å²) in [6, 6.07) is 4.65. The van der Waals surface area contributed by atoms with Gasteiger partial charge >= 0.3 is 0 Å². The second-order valence-electron chi connectivity index (χ2n) is 4.02. The van der Waals surface area contributed by atoms with Gasteiger partial charge in [0.15, 0.2) is 0 Å². The zero-order chi connectivity index (χ0) is 12.8. The van der Waals surface area contributed by atoms with Gasteiger partial charge in [0.1, 0.15) is 17.7 Å². The van der Waals surface area contributed by atoms with Crippen LogP contribution in [-0.4, -0.2) is 12.6 Å². The normalized spacial score (nSPS) is 14.1. The van der Waals surface area contributed by atoms with E-state index in [1.807, 2.05) is 20.8 Å². The van der Waals surface area contributed by atoms with Crippen LogP contribution in [0, 0.1) is 5.82 Å². The lowest BCUT2D eigenvalue weighted by Gasteiger charge is -2.19. The van der Waals surface area contributed by atoms with Crippen molar-refractivity contribution < 1.29 is 9.13 Å². The van der Waals surface area contributed by atoms with Crippen LogP contribution in [0.1, 0.15) is 32.4 Å². The average molecular weight is 237 g/mol. The summed E-state index contributed by atoms with van der Waals surface area (Å²) in [4.78, 5) is 0. The molecule has 1 N–H and O–H groups in total. The predicted octanol–water partition coefficient (Wildman–Crippen LogP) is 3.45. The molecule has 3 heteroatoms. The molecule has 0 bridgehead atoms. The summed E-state index contributed by atoms with van der Waals surface area (Å²) in [5, 5.41) is 3.25. The van der Waals surface area contributed by atoms with E-state index in [4.69, 9.17) is 4.74 Å². The molecule has 94 valence electrons. The van der Waals surface area contributed by atoms with E-state index in [9.17, 15) is 4.39 Å². The third kappa shape index (κ3) is 3.86. The predicted molar refractivity (Wildman–Crippen MR) is 68.8 cm³/mol. The van der Waals surface area contributed by atoms with Gasteiger partial charge in [0.2, 0.25) is 0 Å². The summed E-state index contributed by atoms with van der Waals surface area (Å²) in [5.74, 6) is 0.454. The Kier molecular flexibility index (Phi) is 5.16. The van der Waals surface area contributed by atoms with Crippen molar-refractivity contribution in [2.75, 3.05) is 6.54 Å². The van der Waals surface area contributed by atoms with E-state index in [2.05, 4.69) is 11.9 Å². The number of ether oxygens (including phenoxy) is 1. The van der Waals surface area contributed by atoms with E-state index in [1.54, 1.807) is 12.1 Å². The van der Waals surface area contributed by atoms with E-state index in [0.29, 0.717) is 5.75 Å². The Morgan fingerprint density at radius 2 is 2.18 bits per heavy atom. The molecule has 2 atom stereocenters. The van der Waals surface area contributed by atoms with Gasteiger partial charge in [0, 0.05) is 11.6 Å². The minimum absolute atomic E-state index is 0.0581. The highest BCUT2D eigenvalue weighted by atomic mass is 19.1. The van der Waals surface area contributed by atoms with Crippen LogP contribution in [0.15, 0.2) is 30.9 Å². The van der Waals surface area contributed by atoms with Gasteiger partial charge in [-0.05, 0) is 38.6 Å². The SMILES string of the molecule is C=CC(C)Oc1ccc(F)cc1C(C)NCC. The minimum Gasteiger partial charge on any atom is -0.486 e. The molecule has 0 fully saturated rings. The number of rotatable bonds is 6. The first kappa shape index (κ1) is 13.7. The van der Waals surface area contributed by atoms with E-state index >= 15 is 0 Å². The Hall–Kier alpha value is -1.35. The Balaban J connectivity index is 2.98. The molecule has 0 aromatic heterocycles. The summed E-state index contributed by atoms with van der Waals surface area (Å²) in [6.07, 6.45) is 1.62. The fourth-order valence-corrected chi connectivity index (χ4v) is 1.63. The Morgan fingerprint density at radius 3 is 2.76 bits per heavy atom. The quantitative estimate of drug-likeness (QED) is 0.765. The Morgan fingerprint density at radius 1 is 1.47 bits per heavy atom. The topological polar surface area (TPSA) is 21.3 Å². The van der Waals surface area contributed by atoms with Gasteiger partial charge in [-0.2, -0.15) is 0 Å². The van der Waals surface area contributed by atoms with Gasteiger partial charge in [-0.25, -0.2) is 4.39 Å². The molecule has 17 heavy (non-hydrogen) atoms. The zero-order valence-corrected chi connectivity index (χ0v) is 10.7. The molecule has 0 saturated carbocycles.